The van der Waals surface area contributed by atoms with E-state index in [1.54, 1.807) is 0 Å². The Morgan fingerprint density at radius 2 is 0.547 bits per heavy atom. The number of amides is 1. The van der Waals surface area contributed by atoms with Gasteiger partial charge in [0.15, 0.2) is 0 Å². The molecule has 0 fully saturated rings. The summed E-state index contributed by atoms with van der Waals surface area (Å²) in [5.74, 6) is -0.00275. The summed E-state index contributed by atoms with van der Waals surface area (Å²) in [6, 6.07) is -0.539. The van der Waals surface area contributed by atoms with E-state index in [1.165, 1.54) is 392 Å². The van der Waals surface area contributed by atoms with E-state index in [1.807, 2.05) is 0 Å². The summed E-state index contributed by atoms with van der Waals surface area (Å²) in [7, 11) is 0. The van der Waals surface area contributed by atoms with E-state index in [9.17, 15) is 19.8 Å². The van der Waals surface area contributed by atoms with Gasteiger partial charge in [-0.1, -0.05) is 411 Å². The van der Waals surface area contributed by atoms with Crippen molar-refractivity contribution in [1.29, 1.82) is 0 Å². The van der Waals surface area contributed by atoms with Gasteiger partial charge in [-0.05, 0) is 51.4 Å². The Hall–Kier alpha value is -1.40. The Bertz CT molecular complexity index is 1300. The lowest BCUT2D eigenvalue weighted by atomic mass is 10.0. The predicted octanol–water partition coefficient (Wildman–Crippen LogP) is 26.3. The number of hydrogen-bond acceptors (Lipinski definition) is 5. The van der Waals surface area contributed by atoms with Crippen LogP contribution in [0, 0.1) is 0 Å². The third-order valence-electron chi connectivity index (χ3n) is 19.1. The van der Waals surface area contributed by atoms with E-state index in [2.05, 4.69) is 31.3 Å². The molecule has 6 nitrogen and oxygen atoms in total. The second-order valence-corrected chi connectivity index (χ2v) is 27.8. The van der Waals surface area contributed by atoms with E-state index in [0.29, 0.717) is 25.9 Å². The molecule has 2 unspecified atom stereocenters. The van der Waals surface area contributed by atoms with Crippen LogP contribution in [0.3, 0.4) is 0 Å². The number of esters is 1. The van der Waals surface area contributed by atoms with Gasteiger partial charge in [0.2, 0.25) is 5.91 Å². The molecule has 3 N–H and O–H groups in total. The van der Waals surface area contributed by atoms with Gasteiger partial charge in [0.05, 0.1) is 25.4 Å². The topological polar surface area (TPSA) is 95.9 Å². The van der Waals surface area contributed by atoms with E-state index >= 15 is 0 Å². The maximum absolute atomic E-state index is 12.6. The van der Waals surface area contributed by atoms with E-state index in [0.717, 1.165) is 38.5 Å². The first kappa shape index (κ1) is 84.6. The standard InChI is InChI=1S/C80H157NO5/c1-3-5-7-9-11-13-15-17-18-19-20-36-39-42-45-49-52-56-60-64-68-72-78(83)77(76-82)81-79(84)73-69-65-61-57-53-50-46-43-40-37-34-32-30-28-26-24-22-21-23-25-27-29-31-33-35-38-41-44-47-51-55-59-63-67-71-75-86-80(85)74-70-66-62-58-54-48-16-14-12-10-8-6-4-2/h23,25,77-78,82-83H,3-22,24,26-76H2,1-2H3,(H,81,84)/b25-23-. The van der Waals surface area contributed by atoms with Gasteiger partial charge in [0.1, 0.15) is 0 Å². The normalized spacial score (nSPS) is 12.5. The number of ether oxygens (including phenoxy) is 1. The Labute approximate surface area is 539 Å². The fraction of sp³-hybridized carbons (Fsp3) is 0.950. The number of rotatable bonds is 76. The van der Waals surface area contributed by atoms with Gasteiger partial charge in [-0.2, -0.15) is 0 Å². The Balaban J connectivity index is 3.33. The zero-order valence-corrected chi connectivity index (χ0v) is 58.8. The number of carbonyl (C=O) groups is 2. The molecule has 0 aliphatic rings. The molecule has 512 valence electrons. The molecule has 0 saturated heterocycles. The zero-order chi connectivity index (χ0) is 62.0. The molecule has 0 spiro atoms. The molecule has 0 radical (unpaired) electrons. The van der Waals surface area contributed by atoms with Crippen LogP contribution in [0.4, 0.5) is 0 Å². The second-order valence-electron chi connectivity index (χ2n) is 27.8. The number of hydrogen-bond donors (Lipinski definition) is 3. The van der Waals surface area contributed by atoms with Crippen LogP contribution >= 0.6 is 0 Å². The fourth-order valence-corrected chi connectivity index (χ4v) is 13.0. The molecule has 6 heteroatoms. The van der Waals surface area contributed by atoms with Gasteiger partial charge in [-0.15, -0.1) is 0 Å². The summed E-state index contributed by atoms with van der Waals surface area (Å²) in [6.07, 6.45) is 96.0. The number of aliphatic hydroxyl groups is 2. The molecule has 0 rings (SSSR count). The molecule has 0 aliphatic carbocycles. The van der Waals surface area contributed by atoms with Crippen molar-refractivity contribution < 1.29 is 24.5 Å². The predicted molar refractivity (Wildman–Crippen MR) is 380 cm³/mol. The van der Waals surface area contributed by atoms with Gasteiger partial charge in [-0.25, -0.2) is 0 Å². The highest BCUT2D eigenvalue weighted by Crippen LogP contribution is 2.20. The molecule has 0 aliphatic heterocycles. The van der Waals surface area contributed by atoms with Crippen LogP contribution in [0.25, 0.3) is 0 Å². The molecule has 2 atom stereocenters. The van der Waals surface area contributed by atoms with Gasteiger partial charge < -0.3 is 20.3 Å². The van der Waals surface area contributed by atoms with Gasteiger partial charge in [0.25, 0.3) is 0 Å². The minimum atomic E-state index is -0.662. The highest BCUT2D eigenvalue weighted by Gasteiger charge is 2.20. The van der Waals surface area contributed by atoms with Crippen LogP contribution in [0.5, 0.6) is 0 Å². The molecule has 0 heterocycles. The van der Waals surface area contributed by atoms with Crippen LogP contribution < -0.4 is 5.32 Å². The molecular formula is C80H157NO5. The van der Waals surface area contributed by atoms with Crippen molar-refractivity contribution in [2.45, 2.75) is 475 Å². The highest BCUT2D eigenvalue weighted by atomic mass is 16.5. The molecule has 86 heavy (non-hydrogen) atoms. The fourth-order valence-electron chi connectivity index (χ4n) is 13.0. The minimum Gasteiger partial charge on any atom is -0.466 e. The average molecular weight is 1210 g/mol. The smallest absolute Gasteiger partial charge is 0.305 e. The Morgan fingerprint density at radius 1 is 0.314 bits per heavy atom. The first-order valence-corrected chi connectivity index (χ1v) is 39.9. The molecule has 0 aromatic carbocycles. The van der Waals surface area contributed by atoms with Crippen molar-refractivity contribution >= 4 is 11.9 Å². The van der Waals surface area contributed by atoms with Crippen molar-refractivity contribution in [2.24, 2.45) is 0 Å². The first-order valence-electron chi connectivity index (χ1n) is 39.9. The maximum Gasteiger partial charge on any atom is 0.305 e. The Morgan fingerprint density at radius 3 is 0.826 bits per heavy atom. The van der Waals surface area contributed by atoms with Crippen molar-refractivity contribution in [2.75, 3.05) is 13.2 Å². The summed E-state index contributed by atoms with van der Waals surface area (Å²) >= 11 is 0. The van der Waals surface area contributed by atoms with E-state index in [4.69, 9.17) is 4.74 Å². The highest BCUT2D eigenvalue weighted by molar-refractivity contribution is 5.76. The number of allylic oxidation sites excluding steroid dienone is 2. The third kappa shape index (κ3) is 71.7. The largest absolute Gasteiger partial charge is 0.466 e. The summed E-state index contributed by atoms with van der Waals surface area (Å²) < 4.78 is 5.50. The number of aliphatic hydroxyl groups excluding tert-OH is 2. The van der Waals surface area contributed by atoms with Crippen molar-refractivity contribution in [1.82, 2.24) is 5.32 Å². The number of unbranched alkanes of at least 4 members (excludes halogenated alkanes) is 63. The number of carbonyl (C=O) groups excluding carboxylic acids is 2. The van der Waals surface area contributed by atoms with E-state index < -0.39 is 12.1 Å². The summed E-state index contributed by atoms with van der Waals surface area (Å²) in [6.45, 7) is 5.01. The van der Waals surface area contributed by atoms with Crippen LogP contribution in [0.15, 0.2) is 12.2 Å². The molecule has 0 aromatic rings. The van der Waals surface area contributed by atoms with Crippen molar-refractivity contribution in [3.8, 4) is 0 Å². The molecular weight excluding hydrogens is 1050 g/mol. The van der Waals surface area contributed by atoms with Gasteiger partial charge >= 0.3 is 5.97 Å². The second kappa shape index (κ2) is 76.1. The number of nitrogens with one attached hydrogen (secondary N) is 1. The summed E-state index contributed by atoms with van der Waals surface area (Å²) in [4.78, 5) is 24.6. The third-order valence-corrected chi connectivity index (χ3v) is 19.1. The summed E-state index contributed by atoms with van der Waals surface area (Å²) in [5, 5.41) is 23.5. The average Bonchev–Trinajstić information content (AvgIpc) is 3.57. The minimum absolute atomic E-state index is 0.0229. The van der Waals surface area contributed by atoms with Crippen molar-refractivity contribution in [3.63, 3.8) is 0 Å². The van der Waals surface area contributed by atoms with Crippen LogP contribution in [0.1, 0.15) is 463 Å². The first-order chi connectivity index (χ1) is 42.5. The molecule has 0 aromatic heterocycles. The monoisotopic (exact) mass is 1210 g/mol. The SMILES string of the molecule is CCCCCCCCCCCCCCCCCCCCCCCC(O)C(CO)NC(=O)CCCCCCCCCCCCCCCCCCC/C=C\CCCCCCCCCCCCCCCCOC(=O)CCCCCCCCCCCCCCC. The summed E-state index contributed by atoms with van der Waals surface area (Å²) in [5.41, 5.74) is 0. The molecule has 0 bridgehead atoms. The van der Waals surface area contributed by atoms with Gasteiger partial charge in [0, 0.05) is 12.8 Å². The van der Waals surface area contributed by atoms with Crippen LogP contribution in [-0.4, -0.2) is 47.4 Å². The van der Waals surface area contributed by atoms with E-state index in [-0.39, 0.29) is 18.5 Å². The molecule has 0 saturated carbocycles. The lowest BCUT2D eigenvalue weighted by Crippen LogP contribution is -2.45. The quantitative estimate of drug-likeness (QED) is 0.0320. The van der Waals surface area contributed by atoms with Crippen LogP contribution in [0.2, 0.25) is 0 Å². The van der Waals surface area contributed by atoms with Crippen molar-refractivity contribution in [3.05, 3.63) is 12.2 Å². The molecule has 1 amide bonds. The Kier molecular flexibility index (Phi) is 74.8. The van der Waals surface area contributed by atoms with Crippen LogP contribution in [-0.2, 0) is 14.3 Å². The zero-order valence-electron chi connectivity index (χ0n) is 58.8. The lowest BCUT2D eigenvalue weighted by molar-refractivity contribution is -0.143. The maximum atomic E-state index is 12.6. The lowest BCUT2D eigenvalue weighted by Gasteiger charge is -2.22. The van der Waals surface area contributed by atoms with Gasteiger partial charge in [-0.3, -0.25) is 9.59 Å².